The number of carbonyl (C=O) groups excluding carboxylic acids is 1. The SMILES string of the molecule is [N-]=[N+]=Nc1ccc(N2CC[C@H]3CCCC[C@@H]3C2)c(NC(=O)c2ccc(O)cc2)c1. The van der Waals surface area contributed by atoms with Crippen LogP contribution in [0.4, 0.5) is 17.1 Å². The Morgan fingerprint density at radius 3 is 2.62 bits per heavy atom. The molecule has 2 atom stereocenters. The molecule has 2 aromatic rings. The van der Waals surface area contributed by atoms with Gasteiger partial charge in [0.25, 0.3) is 5.91 Å². The third kappa shape index (κ3) is 4.30. The minimum atomic E-state index is -0.267. The summed E-state index contributed by atoms with van der Waals surface area (Å²) in [4.78, 5) is 17.9. The standard InChI is InChI=1S/C22H25N5O2/c23-26-25-18-7-10-21(27-12-11-15-3-1-2-4-17(15)14-27)20(13-18)24-22(29)16-5-8-19(28)9-6-16/h5-10,13,15,17,28H,1-4,11-12,14H2,(H,24,29)/t15-,17-/m1/s1. The maximum absolute atomic E-state index is 12.7. The van der Waals surface area contributed by atoms with Crippen molar-refractivity contribution in [3.63, 3.8) is 0 Å². The molecule has 0 aromatic heterocycles. The second-order valence-electron chi connectivity index (χ2n) is 7.93. The average Bonchev–Trinajstić information content (AvgIpc) is 2.74. The number of azide groups is 1. The van der Waals surface area contributed by atoms with Crippen molar-refractivity contribution in [2.24, 2.45) is 17.0 Å². The van der Waals surface area contributed by atoms with E-state index in [-0.39, 0.29) is 11.7 Å². The van der Waals surface area contributed by atoms with Crippen molar-refractivity contribution in [1.82, 2.24) is 0 Å². The van der Waals surface area contributed by atoms with E-state index in [2.05, 4.69) is 20.2 Å². The summed E-state index contributed by atoms with van der Waals surface area (Å²) in [5.41, 5.74) is 11.3. The molecule has 1 saturated carbocycles. The monoisotopic (exact) mass is 391 g/mol. The Morgan fingerprint density at radius 1 is 1.10 bits per heavy atom. The van der Waals surface area contributed by atoms with E-state index in [0.717, 1.165) is 24.7 Å². The first-order valence-corrected chi connectivity index (χ1v) is 10.2. The molecule has 0 unspecified atom stereocenters. The molecular formula is C22H25N5O2. The van der Waals surface area contributed by atoms with Crippen LogP contribution < -0.4 is 10.2 Å². The molecule has 7 nitrogen and oxygen atoms in total. The van der Waals surface area contributed by atoms with Gasteiger partial charge < -0.3 is 15.3 Å². The first kappa shape index (κ1) is 19.2. The van der Waals surface area contributed by atoms with Crippen LogP contribution in [0.1, 0.15) is 42.5 Å². The summed E-state index contributed by atoms with van der Waals surface area (Å²) >= 11 is 0. The minimum Gasteiger partial charge on any atom is -0.508 e. The zero-order chi connectivity index (χ0) is 20.2. The number of fused-ring (bicyclic) bond motifs is 1. The van der Waals surface area contributed by atoms with E-state index in [9.17, 15) is 9.90 Å². The number of phenolic OH excluding ortho intramolecular Hbond substituents is 1. The summed E-state index contributed by atoms with van der Waals surface area (Å²) in [6.07, 6.45) is 6.42. The Morgan fingerprint density at radius 2 is 1.86 bits per heavy atom. The highest BCUT2D eigenvalue weighted by atomic mass is 16.3. The molecule has 2 fully saturated rings. The quantitative estimate of drug-likeness (QED) is 0.403. The fraction of sp³-hybridized carbons (Fsp3) is 0.409. The molecule has 4 rings (SSSR count). The molecule has 0 radical (unpaired) electrons. The number of phenols is 1. The summed E-state index contributed by atoms with van der Waals surface area (Å²) in [5, 5.41) is 16.1. The van der Waals surface area contributed by atoms with Gasteiger partial charge in [-0.25, -0.2) is 0 Å². The summed E-state index contributed by atoms with van der Waals surface area (Å²) in [5.74, 6) is 1.37. The largest absolute Gasteiger partial charge is 0.508 e. The first-order valence-electron chi connectivity index (χ1n) is 10.2. The van der Waals surface area contributed by atoms with E-state index >= 15 is 0 Å². The maximum atomic E-state index is 12.7. The fourth-order valence-corrected chi connectivity index (χ4v) is 4.64. The number of benzene rings is 2. The molecule has 1 heterocycles. The molecule has 2 aliphatic rings. The molecule has 150 valence electrons. The van der Waals surface area contributed by atoms with E-state index in [1.165, 1.54) is 44.2 Å². The smallest absolute Gasteiger partial charge is 0.255 e. The van der Waals surface area contributed by atoms with Crippen LogP contribution in [0.15, 0.2) is 47.6 Å². The molecule has 0 spiro atoms. The highest BCUT2D eigenvalue weighted by Gasteiger charge is 2.32. The highest BCUT2D eigenvalue weighted by molar-refractivity contribution is 6.06. The van der Waals surface area contributed by atoms with Crippen molar-refractivity contribution in [2.45, 2.75) is 32.1 Å². The van der Waals surface area contributed by atoms with Crippen LogP contribution in [0.5, 0.6) is 5.75 Å². The number of amides is 1. The minimum absolute atomic E-state index is 0.114. The topological polar surface area (TPSA) is 101 Å². The van der Waals surface area contributed by atoms with E-state index in [1.54, 1.807) is 24.3 Å². The number of carbonyl (C=O) groups is 1. The second-order valence-corrected chi connectivity index (χ2v) is 7.93. The van der Waals surface area contributed by atoms with Gasteiger partial charge in [-0.05, 0) is 66.6 Å². The van der Waals surface area contributed by atoms with Crippen molar-refractivity contribution in [3.8, 4) is 5.75 Å². The van der Waals surface area contributed by atoms with E-state index in [0.29, 0.717) is 22.9 Å². The zero-order valence-corrected chi connectivity index (χ0v) is 16.3. The van der Waals surface area contributed by atoms with Crippen molar-refractivity contribution in [3.05, 3.63) is 58.5 Å². The van der Waals surface area contributed by atoms with Gasteiger partial charge in [0.05, 0.1) is 11.4 Å². The number of aromatic hydroxyl groups is 1. The number of nitrogens with zero attached hydrogens (tertiary/aromatic N) is 4. The van der Waals surface area contributed by atoms with Gasteiger partial charge in [-0.2, -0.15) is 0 Å². The van der Waals surface area contributed by atoms with Gasteiger partial charge in [0.1, 0.15) is 5.75 Å². The van der Waals surface area contributed by atoms with Crippen LogP contribution in [0, 0.1) is 11.8 Å². The number of anilines is 2. The van der Waals surface area contributed by atoms with Crippen LogP contribution in [0.3, 0.4) is 0 Å². The Bertz CT molecular complexity index is 937. The predicted molar refractivity (Wildman–Crippen MR) is 114 cm³/mol. The Balaban J connectivity index is 1.60. The summed E-state index contributed by atoms with van der Waals surface area (Å²) in [6.45, 7) is 1.96. The molecular weight excluding hydrogens is 366 g/mol. The summed E-state index contributed by atoms with van der Waals surface area (Å²) in [7, 11) is 0. The summed E-state index contributed by atoms with van der Waals surface area (Å²) in [6, 6.07) is 11.6. The third-order valence-electron chi connectivity index (χ3n) is 6.15. The van der Waals surface area contributed by atoms with Gasteiger partial charge in [0, 0.05) is 29.3 Å². The van der Waals surface area contributed by atoms with Crippen molar-refractivity contribution in [2.75, 3.05) is 23.3 Å². The molecule has 1 saturated heterocycles. The molecule has 7 heteroatoms. The van der Waals surface area contributed by atoms with Gasteiger partial charge in [0.15, 0.2) is 0 Å². The van der Waals surface area contributed by atoms with Gasteiger partial charge in [-0.1, -0.05) is 30.4 Å². The van der Waals surface area contributed by atoms with Gasteiger partial charge in [0.2, 0.25) is 0 Å². The van der Waals surface area contributed by atoms with Crippen LogP contribution in [0.2, 0.25) is 0 Å². The molecule has 2 aromatic carbocycles. The molecule has 1 amide bonds. The van der Waals surface area contributed by atoms with Crippen molar-refractivity contribution < 1.29 is 9.90 Å². The lowest BCUT2D eigenvalue weighted by molar-refractivity contribution is 0.102. The van der Waals surface area contributed by atoms with E-state index < -0.39 is 0 Å². The number of hydrogen-bond acceptors (Lipinski definition) is 4. The van der Waals surface area contributed by atoms with Crippen LogP contribution in [-0.4, -0.2) is 24.1 Å². The molecule has 2 N–H and O–H groups in total. The number of hydrogen-bond donors (Lipinski definition) is 2. The Labute approximate surface area is 170 Å². The Hall–Kier alpha value is -3.18. The maximum Gasteiger partial charge on any atom is 0.255 e. The number of piperidine rings is 1. The third-order valence-corrected chi connectivity index (χ3v) is 6.15. The van der Waals surface area contributed by atoms with Gasteiger partial charge >= 0.3 is 0 Å². The zero-order valence-electron chi connectivity index (χ0n) is 16.3. The normalized spacial score (nSPS) is 21.0. The lowest BCUT2D eigenvalue weighted by Crippen LogP contribution is -2.42. The van der Waals surface area contributed by atoms with Crippen LogP contribution in [0.25, 0.3) is 10.4 Å². The fourth-order valence-electron chi connectivity index (χ4n) is 4.64. The summed E-state index contributed by atoms with van der Waals surface area (Å²) < 4.78 is 0. The van der Waals surface area contributed by atoms with Crippen LogP contribution in [-0.2, 0) is 0 Å². The number of rotatable bonds is 4. The Kier molecular flexibility index (Phi) is 5.58. The highest BCUT2D eigenvalue weighted by Crippen LogP contribution is 2.40. The lowest BCUT2D eigenvalue weighted by atomic mass is 9.75. The van der Waals surface area contributed by atoms with Gasteiger partial charge in [-0.15, -0.1) is 0 Å². The predicted octanol–water partition coefficient (Wildman–Crippen LogP) is 5.60. The van der Waals surface area contributed by atoms with Crippen molar-refractivity contribution >= 4 is 23.0 Å². The molecule has 1 aliphatic heterocycles. The van der Waals surface area contributed by atoms with Gasteiger partial charge in [-0.3, -0.25) is 4.79 Å². The van der Waals surface area contributed by atoms with E-state index in [4.69, 9.17) is 5.53 Å². The molecule has 29 heavy (non-hydrogen) atoms. The van der Waals surface area contributed by atoms with E-state index in [1.807, 2.05) is 6.07 Å². The number of nitrogens with one attached hydrogen (secondary N) is 1. The second kappa shape index (κ2) is 8.45. The van der Waals surface area contributed by atoms with Crippen molar-refractivity contribution in [1.29, 1.82) is 0 Å². The first-order chi connectivity index (χ1) is 14.1. The lowest BCUT2D eigenvalue weighted by Gasteiger charge is -2.42. The molecule has 1 aliphatic carbocycles. The van der Waals surface area contributed by atoms with Crippen LogP contribution >= 0.6 is 0 Å². The average molecular weight is 391 g/mol. The molecule has 0 bridgehead atoms.